The molecule has 0 saturated carbocycles. The fraction of sp³-hybridized carbons (Fsp3) is 0.471. The summed E-state index contributed by atoms with van der Waals surface area (Å²) in [6.45, 7) is 7.91. The van der Waals surface area contributed by atoms with Crippen LogP contribution in [-0.2, 0) is 32.4 Å². The Morgan fingerprint density at radius 1 is 0.950 bits per heavy atom. The minimum absolute atomic E-state index is 0.584. The molecule has 0 fully saturated rings. The van der Waals surface area contributed by atoms with Crippen LogP contribution in [0.25, 0.3) is 0 Å². The first kappa shape index (κ1) is 14.8. The molecule has 108 valence electrons. The summed E-state index contributed by atoms with van der Waals surface area (Å²) in [5, 5.41) is 4.74. The van der Waals surface area contributed by atoms with E-state index >= 15 is 0 Å². The van der Waals surface area contributed by atoms with Crippen molar-refractivity contribution < 1.29 is 0 Å². The van der Waals surface area contributed by atoms with E-state index in [1.165, 1.54) is 22.4 Å². The van der Waals surface area contributed by atoms with E-state index in [4.69, 9.17) is 10.8 Å². The lowest BCUT2D eigenvalue weighted by Crippen LogP contribution is -2.08. The van der Waals surface area contributed by atoms with Crippen molar-refractivity contribution in [2.75, 3.05) is 0 Å². The van der Waals surface area contributed by atoms with E-state index in [1.807, 2.05) is 0 Å². The van der Waals surface area contributed by atoms with E-state index in [9.17, 15) is 0 Å². The van der Waals surface area contributed by atoms with Gasteiger partial charge in [0.1, 0.15) is 0 Å². The summed E-state index contributed by atoms with van der Waals surface area (Å²) in [7, 11) is 0. The monoisotopic (exact) mass is 271 g/mol. The fourth-order valence-corrected chi connectivity index (χ4v) is 2.69. The lowest BCUT2D eigenvalue weighted by molar-refractivity contribution is 0.639. The zero-order valence-corrected chi connectivity index (χ0v) is 12.8. The molecule has 0 spiro atoms. The zero-order valence-electron chi connectivity index (χ0n) is 12.8. The standard InChI is InChI=1S/C17H25N3/c1-4-13-7-9-14(10-8-13)12-20-17(6-3)15(11-18)16(5-2)19-20/h7-10H,4-6,11-12,18H2,1-3H3. The topological polar surface area (TPSA) is 43.8 Å². The van der Waals surface area contributed by atoms with E-state index in [0.29, 0.717) is 6.54 Å². The largest absolute Gasteiger partial charge is 0.326 e. The Morgan fingerprint density at radius 2 is 1.60 bits per heavy atom. The smallest absolute Gasteiger partial charge is 0.0669 e. The van der Waals surface area contributed by atoms with Gasteiger partial charge in [0.25, 0.3) is 0 Å². The van der Waals surface area contributed by atoms with Gasteiger partial charge in [-0.15, -0.1) is 0 Å². The van der Waals surface area contributed by atoms with Gasteiger partial charge in [-0.05, 0) is 30.4 Å². The summed E-state index contributed by atoms with van der Waals surface area (Å²) in [6.07, 6.45) is 3.01. The Morgan fingerprint density at radius 3 is 2.10 bits per heavy atom. The first-order valence-corrected chi connectivity index (χ1v) is 7.58. The number of hydrogen-bond donors (Lipinski definition) is 1. The van der Waals surface area contributed by atoms with Crippen molar-refractivity contribution >= 4 is 0 Å². The lowest BCUT2D eigenvalue weighted by Gasteiger charge is -2.08. The summed E-state index contributed by atoms with van der Waals surface area (Å²) in [4.78, 5) is 0. The van der Waals surface area contributed by atoms with Crippen LogP contribution in [0.3, 0.4) is 0 Å². The summed E-state index contributed by atoms with van der Waals surface area (Å²) in [5.41, 5.74) is 12.2. The fourth-order valence-electron chi connectivity index (χ4n) is 2.69. The van der Waals surface area contributed by atoms with Crippen LogP contribution >= 0.6 is 0 Å². The van der Waals surface area contributed by atoms with Crippen molar-refractivity contribution in [1.82, 2.24) is 9.78 Å². The van der Waals surface area contributed by atoms with Crippen LogP contribution in [0.1, 0.15) is 48.8 Å². The second-order valence-corrected chi connectivity index (χ2v) is 5.11. The molecule has 0 aliphatic carbocycles. The Labute approximate surface area is 121 Å². The summed E-state index contributed by atoms with van der Waals surface area (Å²) >= 11 is 0. The van der Waals surface area contributed by atoms with Crippen molar-refractivity contribution in [3.63, 3.8) is 0 Å². The Kier molecular flexibility index (Phi) is 4.96. The normalized spacial score (nSPS) is 11.0. The molecule has 0 unspecified atom stereocenters. The van der Waals surface area contributed by atoms with Gasteiger partial charge < -0.3 is 5.73 Å². The molecule has 3 heteroatoms. The Bertz CT molecular complexity index is 552. The van der Waals surface area contributed by atoms with E-state index in [0.717, 1.165) is 31.5 Å². The highest BCUT2D eigenvalue weighted by Crippen LogP contribution is 2.17. The van der Waals surface area contributed by atoms with Crippen LogP contribution < -0.4 is 5.73 Å². The number of aromatic nitrogens is 2. The van der Waals surface area contributed by atoms with E-state index in [1.54, 1.807) is 0 Å². The van der Waals surface area contributed by atoms with Gasteiger partial charge in [0.15, 0.2) is 0 Å². The predicted octanol–water partition coefficient (Wildman–Crippen LogP) is 3.08. The van der Waals surface area contributed by atoms with Gasteiger partial charge in [0.2, 0.25) is 0 Å². The van der Waals surface area contributed by atoms with Gasteiger partial charge in [-0.25, -0.2) is 0 Å². The Balaban J connectivity index is 2.29. The first-order valence-electron chi connectivity index (χ1n) is 7.58. The van der Waals surface area contributed by atoms with Crippen molar-refractivity contribution in [2.45, 2.75) is 53.1 Å². The van der Waals surface area contributed by atoms with Gasteiger partial charge in [0, 0.05) is 17.8 Å². The highest BCUT2D eigenvalue weighted by molar-refractivity contribution is 5.28. The molecule has 2 rings (SSSR count). The van der Waals surface area contributed by atoms with E-state index < -0.39 is 0 Å². The molecule has 3 nitrogen and oxygen atoms in total. The molecular weight excluding hydrogens is 246 g/mol. The molecule has 2 N–H and O–H groups in total. The van der Waals surface area contributed by atoms with Crippen molar-refractivity contribution in [3.8, 4) is 0 Å². The summed E-state index contributed by atoms with van der Waals surface area (Å²) in [5.74, 6) is 0. The quantitative estimate of drug-likeness (QED) is 0.877. The molecule has 1 aromatic carbocycles. The minimum atomic E-state index is 0.584. The first-order chi connectivity index (χ1) is 9.73. The molecule has 20 heavy (non-hydrogen) atoms. The maximum atomic E-state index is 5.89. The van der Waals surface area contributed by atoms with E-state index in [2.05, 4.69) is 49.7 Å². The maximum Gasteiger partial charge on any atom is 0.0669 e. The summed E-state index contributed by atoms with van der Waals surface area (Å²) in [6, 6.07) is 8.81. The zero-order chi connectivity index (χ0) is 14.5. The SMILES string of the molecule is CCc1ccc(Cn2nc(CC)c(CN)c2CC)cc1. The van der Waals surface area contributed by atoms with Crippen molar-refractivity contribution in [1.29, 1.82) is 0 Å². The molecule has 0 amide bonds. The summed E-state index contributed by atoms with van der Waals surface area (Å²) < 4.78 is 2.13. The minimum Gasteiger partial charge on any atom is -0.326 e. The third kappa shape index (κ3) is 2.93. The molecule has 1 heterocycles. The van der Waals surface area contributed by atoms with Gasteiger partial charge in [0.05, 0.1) is 12.2 Å². The molecule has 0 bridgehead atoms. The number of hydrogen-bond acceptors (Lipinski definition) is 2. The molecule has 0 radical (unpaired) electrons. The highest BCUT2D eigenvalue weighted by atomic mass is 15.3. The number of aryl methyl sites for hydroxylation is 2. The molecule has 0 atom stereocenters. The van der Waals surface area contributed by atoms with Crippen LogP contribution in [0.4, 0.5) is 0 Å². The number of nitrogens with two attached hydrogens (primary N) is 1. The van der Waals surface area contributed by atoms with E-state index in [-0.39, 0.29) is 0 Å². The van der Waals surface area contributed by atoms with Crippen LogP contribution in [0, 0.1) is 0 Å². The molecule has 0 saturated heterocycles. The maximum absolute atomic E-state index is 5.89. The number of benzene rings is 1. The third-order valence-corrected chi connectivity index (χ3v) is 3.89. The van der Waals surface area contributed by atoms with Gasteiger partial charge >= 0.3 is 0 Å². The molecule has 0 aliphatic heterocycles. The number of rotatable bonds is 6. The van der Waals surface area contributed by atoms with Crippen LogP contribution in [0.2, 0.25) is 0 Å². The van der Waals surface area contributed by atoms with Crippen molar-refractivity contribution in [3.05, 3.63) is 52.3 Å². The lowest BCUT2D eigenvalue weighted by atomic mass is 10.1. The van der Waals surface area contributed by atoms with Gasteiger partial charge in [-0.1, -0.05) is 45.0 Å². The van der Waals surface area contributed by atoms with Crippen LogP contribution in [-0.4, -0.2) is 9.78 Å². The average Bonchev–Trinajstić information content (AvgIpc) is 2.84. The molecular formula is C17H25N3. The van der Waals surface area contributed by atoms with Crippen LogP contribution in [0.5, 0.6) is 0 Å². The van der Waals surface area contributed by atoms with Gasteiger partial charge in [-0.2, -0.15) is 5.10 Å². The van der Waals surface area contributed by atoms with Crippen LogP contribution in [0.15, 0.2) is 24.3 Å². The Hall–Kier alpha value is -1.61. The molecule has 1 aromatic heterocycles. The number of nitrogens with zero attached hydrogens (tertiary/aromatic N) is 2. The van der Waals surface area contributed by atoms with Gasteiger partial charge in [-0.3, -0.25) is 4.68 Å². The second kappa shape index (κ2) is 6.71. The average molecular weight is 271 g/mol. The van der Waals surface area contributed by atoms with Crippen molar-refractivity contribution in [2.24, 2.45) is 5.73 Å². The molecule has 2 aromatic rings. The third-order valence-electron chi connectivity index (χ3n) is 3.89. The highest BCUT2D eigenvalue weighted by Gasteiger charge is 2.14. The predicted molar refractivity (Wildman–Crippen MR) is 83.8 cm³/mol. The second-order valence-electron chi connectivity index (χ2n) is 5.11. The molecule has 0 aliphatic rings.